The van der Waals surface area contributed by atoms with Crippen molar-refractivity contribution >= 4 is 28.9 Å². The van der Waals surface area contributed by atoms with Gasteiger partial charge in [0.1, 0.15) is 5.82 Å². The van der Waals surface area contributed by atoms with E-state index in [1.54, 1.807) is 12.1 Å². The maximum absolute atomic E-state index is 14.0. The van der Waals surface area contributed by atoms with Gasteiger partial charge in [-0.1, -0.05) is 12.1 Å². The van der Waals surface area contributed by atoms with E-state index in [4.69, 9.17) is 5.73 Å². The molecule has 29 heavy (non-hydrogen) atoms. The third-order valence-electron chi connectivity index (χ3n) is 5.17. The number of primary amides is 1. The molecule has 2 amide bonds. The van der Waals surface area contributed by atoms with Gasteiger partial charge in [-0.05, 0) is 38.0 Å². The molecule has 0 aromatic heterocycles. The van der Waals surface area contributed by atoms with E-state index in [9.17, 15) is 24.1 Å². The average Bonchev–Trinajstić information content (AvgIpc) is 2.70. The highest BCUT2D eigenvalue weighted by Crippen LogP contribution is 2.31. The van der Waals surface area contributed by atoms with Crippen molar-refractivity contribution in [3.63, 3.8) is 0 Å². The van der Waals surface area contributed by atoms with Crippen molar-refractivity contribution in [3.8, 4) is 0 Å². The highest BCUT2D eigenvalue weighted by Gasteiger charge is 2.25. The van der Waals surface area contributed by atoms with Crippen molar-refractivity contribution in [1.29, 1.82) is 0 Å². The van der Waals surface area contributed by atoms with Crippen LogP contribution < -0.4 is 16.0 Å². The third-order valence-corrected chi connectivity index (χ3v) is 5.17. The molecule has 0 bridgehead atoms. The number of nitrogens with one attached hydrogen (secondary N) is 1. The standard InChI is InChI=1S/C20H21FN4O4/c1-12-15(21)10-14(11-18(12)25(28)29)20(27)23-16-4-2-3-5-17(16)24-8-6-13(7-9-24)19(22)26/h2-5,10-11,13H,6-9H2,1H3,(H2,22,26)(H,23,27). The van der Waals surface area contributed by atoms with Crippen LogP contribution in [0.4, 0.5) is 21.5 Å². The van der Waals surface area contributed by atoms with Crippen LogP contribution in [0.15, 0.2) is 36.4 Å². The molecule has 2 aromatic rings. The average molecular weight is 400 g/mol. The predicted molar refractivity (Wildman–Crippen MR) is 106 cm³/mol. The van der Waals surface area contributed by atoms with Gasteiger partial charge in [0.05, 0.1) is 21.9 Å². The number of halogens is 1. The van der Waals surface area contributed by atoms with Crippen molar-refractivity contribution in [3.05, 3.63) is 63.5 Å². The molecule has 1 fully saturated rings. The molecular weight excluding hydrogens is 379 g/mol. The Morgan fingerprint density at radius 2 is 1.90 bits per heavy atom. The van der Waals surface area contributed by atoms with Gasteiger partial charge < -0.3 is 16.0 Å². The van der Waals surface area contributed by atoms with E-state index in [2.05, 4.69) is 5.32 Å². The van der Waals surface area contributed by atoms with E-state index >= 15 is 0 Å². The SMILES string of the molecule is Cc1c(F)cc(C(=O)Nc2ccccc2N2CCC(C(N)=O)CC2)cc1[N+](=O)[O-]. The van der Waals surface area contributed by atoms with Crippen LogP contribution in [0, 0.1) is 28.8 Å². The van der Waals surface area contributed by atoms with Gasteiger partial charge in [-0.25, -0.2) is 4.39 Å². The van der Waals surface area contributed by atoms with E-state index < -0.39 is 22.3 Å². The smallest absolute Gasteiger partial charge is 0.276 e. The molecule has 2 aromatic carbocycles. The Balaban J connectivity index is 1.82. The first-order valence-corrected chi connectivity index (χ1v) is 9.17. The number of anilines is 2. The van der Waals surface area contributed by atoms with E-state index in [0.717, 1.165) is 17.8 Å². The molecule has 1 aliphatic rings. The van der Waals surface area contributed by atoms with Crippen molar-refractivity contribution in [2.24, 2.45) is 11.7 Å². The fourth-order valence-corrected chi connectivity index (χ4v) is 3.44. The molecule has 9 heteroatoms. The Morgan fingerprint density at radius 3 is 2.52 bits per heavy atom. The molecule has 0 unspecified atom stereocenters. The summed E-state index contributed by atoms with van der Waals surface area (Å²) in [6.45, 7) is 2.50. The number of piperidine rings is 1. The van der Waals surface area contributed by atoms with E-state index in [-0.39, 0.29) is 23.0 Å². The quantitative estimate of drug-likeness (QED) is 0.591. The van der Waals surface area contributed by atoms with Gasteiger partial charge in [0, 0.05) is 30.6 Å². The summed E-state index contributed by atoms with van der Waals surface area (Å²) < 4.78 is 14.0. The molecule has 0 radical (unpaired) electrons. The number of rotatable bonds is 5. The first-order valence-electron chi connectivity index (χ1n) is 9.17. The van der Waals surface area contributed by atoms with E-state index in [0.29, 0.717) is 31.6 Å². The van der Waals surface area contributed by atoms with E-state index in [1.165, 1.54) is 6.92 Å². The molecule has 1 heterocycles. The van der Waals surface area contributed by atoms with Crippen molar-refractivity contribution in [1.82, 2.24) is 0 Å². The number of hydrogen-bond donors (Lipinski definition) is 2. The molecule has 1 saturated heterocycles. The van der Waals surface area contributed by atoms with Crippen LogP contribution >= 0.6 is 0 Å². The summed E-state index contributed by atoms with van der Waals surface area (Å²) in [5, 5.41) is 13.8. The number of nitrogens with two attached hydrogens (primary N) is 1. The fourth-order valence-electron chi connectivity index (χ4n) is 3.44. The minimum atomic E-state index is -0.814. The molecule has 152 valence electrons. The predicted octanol–water partition coefficient (Wildman–Crippen LogP) is 3.00. The molecule has 0 aliphatic carbocycles. The highest BCUT2D eigenvalue weighted by atomic mass is 19.1. The Bertz CT molecular complexity index is 971. The molecule has 3 N–H and O–H groups in total. The number of benzene rings is 2. The van der Waals surface area contributed by atoms with Crippen LogP contribution in [0.3, 0.4) is 0 Å². The number of hydrogen-bond acceptors (Lipinski definition) is 5. The van der Waals surface area contributed by atoms with Gasteiger partial charge in [0.25, 0.3) is 11.6 Å². The molecule has 0 spiro atoms. The molecule has 0 atom stereocenters. The summed E-state index contributed by atoms with van der Waals surface area (Å²) in [6, 6.07) is 9.15. The van der Waals surface area contributed by atoms with Crippen LogP contribution in [0.5, 0.6) is 0 Å². The lowest BCUT2D eigenvalue weighted by Crippen LogP contribution is -2.38. The van der Waals surface area contributed by atoms with Crippen LogP contribution in [0.25, 0.3) is 0 Å². The summed E-state index contributed by atoms with van der Waals surface area (Å²) >= 11 is 0. The largest absolute Gasteiger partial charge is 0.370 e. The molecule has 1 aliphatic heterocycles. The van der Waals surface area contributed by atoms with Gasteiger partial charge in [0.15, 0.2) is 0 Å². The summed E-state index contributed by atoms with van der Waals surface area (Å²) in [5.41, 5.74) is 5.92. The fraction of sp³-hybridized carbons (Fsp3) is 0.300. The summed E-state index contributed by atoms with van der Waals surface area (Å²) in [4.78, 5) is 36.4. The van der Waals surface area contributed by atoms with Crippen molar-refractivity contribution in [2.75, 3.05) is 23.3 Å². The maximum atomic E-state index is 14.0. The van der Waals surface area contributed by atoms with Gasteiger partial charge in [0.2, 0.25) is 5.91 Å². The number of carbonyl (C=O) groups excluding carboxylic acids is 2. The summed E-state index contributed by atoms with van der Waals surface area (Å²) in [6.07, 6.45) is 1.24. The molecular formula is C20H21FN4O4. The molecule has 3 rings (SSSR count). The first kappa shape index (κ1) is 20.2. The molecule has 0 saturated carbocycles. The zero-order chi connectivity index (χ0) is 21.1. The number of amides is 2. The Kier molecular flexibility index (Phi) is 5.76. The maximum Gasteiger partial charge on any atom is 0.276 e. The Labute approximate surface area is 166 Å². The second kappa shape index (κ2) is 8.26. The number of carbonyl (C=O) groups is 2. The van der Waals surface area contributed by atoms with E-state index in [1.807, 2.05) is 17.0 Å². The lowest BCUT2D eigenvalue weighted by molar-refractivity contribution is -0.385. The summed E-state index contributed by atoms with van der Waals surface area (Å²) in [7, 11) is 0. The normalized spacial score (nSPS) is 14.5. The van der Waals surface area contributed by atoms with Crippen LogP contribution in [-0.4, -0.2) is 29.8 Å². The minimum absolute atomic E-state index is 0.121. The number of nitro groups is 1. The topological polar surface area (TPSA) is 119 Å². The monoisotopic (exact) mass is 400 g/mol. The molecule has 8 nitrogen and oxygen atoms in total. The van der Waals surface area contributed by atoms with Gasteiger partial charge >= 0.3 is 0 Å². The van der Waals surface area contributed by atoms with Gasteiger partial charge in [-0.3, -0.25) is 19.7 Å². The Hall–Kier alpha value is -3.49. The minimum Gasteiger partial charge on any atom is -0.370 e. The second-order valence-electron chi connectivity index (χ2n) is 6.99. The third kappa shape index (κ3) is 4.34. The van der Waals surface area contributed by atoms with Gasteiger partial charge in [-0.2, -0.15) is 0 Å². The number of nitro benzene ring substituents is 1. The first-order chi connectivity index (χ1) is 13.8. The lowest BCUT2D eigenvalue weighted by atomic mass is 9.96. The van der Waals surface area contributed by atoms with Crippen molar-refractivity contribution in [2.45, 2.75) is 19.8 Å². The summed E-state index contributed by atoms with van der Waals surface area (Å²) in [5.74, 6) is -1.93. The zero-order valence-corrected chi connectivity index (χ0v) is 15.9. The van der Waals surface area contributed by atoms with Crippen LogP contribution in [0.1, 0.15) is 28.8 Å². The number of nitrogens with zero attached hydrogens (tertiary/aromatic N) is 2. The van der Waals surface area contributed by atoms with Crippen LogP contribution in [-0.2, 0) is 4.79 Å². The Morgan fingerprint density at radius 1 is 1.24 bits per heavy atom. The number of para-hydroxylation sites is 2. The highest BCUT2D eigenvalue weighted by molar-refractivity contribution is 6.06. The zero-order valence-electron chi connectivity index (χ0n) is 15.9. The lowest BCUT2D eigenvalue weighted by Gasteiger charge is -2.33. The second-order valence-corrected chi connectivity index (χ2v) is 6.99. The van der Waals surface area contributed by atoms with Crippen LogP contribution in [0.2, 0.25) is 0 Å². The van der Waals surface area contributed by atoms with Crippen molar-refractivity contribution < 1.29 is 18.9 Å². The van der Waals surface area contributed by atoms with Gasteiger partial charge in [-0.15, -0.1) is 0 Å².